The van der Waals surface area contributed by atoms with Crippen LogP contribution in [0.1, 0.15) is 54.0 Å². The molecule has 1 fully saturated rings. The number of carbonyl (C=O) groups excluding carboxylic acids is 1. The van der Waals surface area contributed by atoms with E-state index >= 15 is 0 Å². The van der Waals surface area contributed by atoms with Crippen LogP contribution in [0.25, 0.3) is 0 Å². The van der Waals surface area contributed by atoms with Crippen LogP contribution in [-0.2, 0) is 27.8 Å². The molecule has 1 saturated heterocycles. The lowest BCUT2D eigenvalue weighted by Gasteiger charge is -2.30. The Labute approximate surface area is 183 Å². The molecule has 1 aromatic heterocycles. The molecular weight excluding hydrogens is 414 g/mol. The Morgan fingerprint density at radius 1 is 1.16 bits per heavy atom. The maximum atomic E-state index is 13.3. The predicted octanol–water partition coefficient (Wildman–Crippen LogP) is 2.57. The van der Waals surface area contributed by atoms with Gasteiger partial charge in [-0.15, -0.1) is 0 Å². The lowest BCUT2D eigenvalue weighted by molar-refractivity contribution is -0.129. The number of sulfonamides is 1. The van der Waals surface area contributed by atoms with Gasteiger partial charge < -0.3 is 10.2 Å². The number of benzene rings is 1. The Kier molecular flexibility index (Phi) is 5.74. The monoisotopic (exact) mass is 443 g/mol. The molecule has 0 saturated carbocycles. The summed E-state index contributed by atoms with van der Waals surface area (Å²) in [4.78, 5) is 23.6. The molecule has 31 heavy (non-hydrogen) atoms. The van der Waals surface area contributed by atoms with E-state index in [1.807, 2.05) is 27.0 Å². The second-order valence-electron chi connectivity index (χ2n) is 8.31. The molecule has 2 aliphatic rings. The molecule has 0 radical (unpaired) electrons. The van der Waals surface area contributed by atoms with Crippen LogP contribution in [0.3, 0.4) is 0 Å². The van der Waals surface area contributed by atoms with Crippen LogP contribution in [0.5, 0.6) is 0 Å². The van der Waals surface area contributed by atoms with Gasteiger partial charge in [-0.05, 0) is 56.4 Å². The Morgan fingerprint density at radius 3 is 2.61 bits per heavy atom. The van der Waals surface area contributed by atoms with Crippen LogP contribution < -0.4 is 5.32 Å². The van der Waals surface area contributed by atoms with Crippen molar-refractivity contribution in [3.05, 3.63) is 46.4 Å². The quantitative estimate of drug-likeness (QED) is 0.780. The van der Waals surface area contributed by atoms with E-state index in [0.29, 0.717) is 35.9 Å². The maximum absolute atomic E-state index is 13.3. The highest BCUT2D eigenvalue weighted by atomic mass is 32.2. The Balaban J connectivity index is 1.69. The van der Waals surface area contributed by atoms with E-state index in [2.05, 4.69) is 5.32 Å². The third-order valence-corrected chi connectivity index (χ3v) is 8.20. The minimum absolute atomic E-state index is 0.00812. The summed E-state index contributed by atoms with van der Waals surface area (Å²) in [6, 6.07) is 5.08. The van der Waals surface area contributed by atoms with Gasteiger partial charge in [-0.1, -0.05) is 6.07 Å². The first-order valence-electron chi connectivity index (χ1n) is 10.6. The summed E-state index contributed by atoms with van der Waals surface area (Å²) in [7, 11) is -1.82. The van der Waals surface area contributed by atoms with Crippen molar-refractivity contribution < 1.29 is 13.2 Å². The van der Waals surface area contributed by atoms with Gasteiger partial charge in [0.1, 0.15) is 5.82 Å². The van der Waals surface area contributed by atoms with Crippen LogP contribution >= 0.6 is 0 Å². The van der Waals surface area contributed by atoms with Crippen LogP contribution in [0.2, 0.25) is 0 Å². The third-order valence-electron chi connectivity index (χ3n) is 6.36. The highest BCUT2D eigenvalue weighted by Gasteiger charge is 2.34. The minimum atomic E-state index is -3.63. The zero-order valence-corrected chi connectivity index (χ0v) is 19.3. The van der Waals surface area contributed by atoms with Crippen molar-refractivity contribution >= 4 is 21.7 Å². The number of aryl methyl sites for hydroxylation is 2. The van der Waals surface area contributed by atoms with E-state index in [1.54, 1.807) is 24.0 Å². The zero-order chi connectivity index (χ0) is 22.3. The third kappa shape index (κ3) is 3.92. The second-order valence-corrected chi connectivity index (χ2v) is 10.2. The molecule has 2 aromatic rings. The standard InChI is InChI=1S/C22H29N5O3S/c1-14-7-8-17(12-15(14)2)31(29,30)26-11-9-18-19(13-26)24-22(25-21(18)23-4)20-6-5-10-27(20)16(3)28/h7-8,12,20H,5-6,9-11,13H2,1-4H3,(H,23,24,25)/t20-/m1/s1. The molecule has 3 heterocycles. The molecule has 4 rings (SSSR count). The average Bonchev–Trinajstić information content (AvgIpc) is 3.24. The summed E-state index contributed by atoms with van der Waals surface area (Å²) in [5, 5.41) is 3.14. The minimum Gasteiger partial charge on any atom is -0.373 e. The van der Waals surface area contributed by atoms with Crippen molar-refractivity contribution in [3.63, 3.8) is 0 Å². The fourth-order valence-corrected chi connectivity index (χ4v) is 5.91. The average molecular weight is 444 g/mol. The molecule has 9 heteroatoms. The number of aromatic nitrogens is 2. The smallest absolute Gasteiger partial charge is 0.243 e. The molecule has 0 unspecified atom stereocenters. The number of amides is 1. The summed E-state index contributed by atoms with van der Waals surface area (Å²) >= 11 is 0. The van der Waals surface area contributed by atoms with Crippen molar-refractivity contribution in [1.29, 1.82) is 0 Å². The highest BCUT2D eigenvalue weighted by Crippen LogP contribution is 2.34. The van der Waals surface area contributed by atoms with E-state index in [1.165, 1.54) is 4.31 Å². The zero-order valence-electron chi connectivity index (χ0n) is 18.5. The van der Waals surface area contributed by atoms with Gasteiger partial charge in [0.05, 0.1) is 23.2 Å². The Morgan fingerprint density at radius 2 is 1.94 bits per heavy atom. The van der Waals surface area contributed by atoms with E-state index in [0.717, 1.165) is 35.3 Å². The van der Waals surface area contributed by atoms with Gasteiger partial charge in [0.25, 0.3) is 0 Å². The molecule has 1 N–H and O–H groups in total. The first kappa shape index (κ1) is 21.7. The lowest BCUT2D eigenvalue weighted by atomic mass is 10.1. The van der Waals surface area contributed by atoms with E-state index in [4.69, 9.17) is 9.97 Å². The number of rotatable bonds is 4. The van der Waals surface area contributed by atoms with Gasteiger partial charge >= 0.3 is 0 Å². The number of fused-ring (bicyclic) bond motifs is 1. The lowest BCUT2D eigenvalue weighted by Crippen LogP contribution is -2.37. The van der Waals surface area contributed by atoms with Gasteiger partial charge in [0, 0.05) is 32.6 Å². The summed E-state index contributed by atoms with van der Waals surface area (Å²) in [5.41, 5.74) is 3.67. The number of hydrogen-bond acceptors (Lipinski definition) is 6. The molecule has 0 bridgehead atoms. The van der Waals surface area contributed by atoms with Crippen molar-refractivity contribution in [2.24, 2.45) is 0 Å². The fourth-order valence-electron chi connectivity index (χ4n) is 4.42. The van der Waals surface area contributed by atoms with Crippen molar-refractivity contribution in [1.82, 2.24) is 19.2 Å². The van der Waals surface area contributed by atoms with Gasteiger partial charge in [0.15, 0.2) is 5.82 Å². The molecule has 2 aliphatic heterocycles. The summed E-state index contributed by atoms with van der Waals surface area (Å²) in [5.74, 6) is 1.31. The van der Waals surface area contributed by atoms with Crippen LogP contribution in [0.15, 0.2) is 23.1 Å². The van der Waals surface area contributed by atoms with Crippen LogP contribution in [-0.4, -0.2) is 53.6 Å². The molecule has 0 aliphatic carbocycles. The van der Waals surface area contributed by atoms with Gasteiger partial charge in [-0.25, -0.2) is 18.4 Å². The van der Waals surface area contributed by atoms with Gasteiger partial charge in [-0.3, -0.25) is 4.79 Å². The largest absolute Gasteiger partial charge is 0.373 e. The molecule has 8 nitrogen and oxygen atoms in total. The molecule has 1 atom stereocenters. The number of anilines is 1. The number of nitrogens with one attached hydrogen (secondary N) is 1. The first-order valence-corrected chi connectivity index (χ1v) is 12.1. The highest BCUT2D eigenvalue weighted by molar-refractivity contribution is 7.89. The topological polar surface area (TPSA) is 95.5 Å². The Bertz CT molecular complexity index is 1130. The Hall–Kier alpha value is -2.52. The van der Waals surface area contributed by atoms with Crippen LogP contribution in [0.4, 0.5) is 5.82 Å². The number of nitrogens with zero attached hydrogens (tertiary/aromatic N) is 4. The van der Waals surface area contributed by atoms with Crippen molar-refractivity contribution in [2.45, 2.75) is 57.5 Å². The number of hydrogen-bond donors (Lipinski definition) is 1. The van der Waals surface area contributed by atoms with E-state index in [-0.39, 0.29) is 18.5 Å². The van der Waals surface area contributed by atoms with E-state index in [9.17, 15) is 13.2 Å². The molecule has 166 valence electrons. The first-order chi connectivity index (χ1) is 14.7. The van der Waals surface area contributed by atoms with E-state index < -0.39 is 10.0 Å². The van der Waals surface area contributed by atoms with Crippen LogP contribution in [0, 0.1) is 13.8 Å². The number of likely N-dealkylation sites (tertiary alicyclic amines) is 1. The number of carbonyl (C=O) groups is 1. The normalized spacial score (nSPS) is 19.4. The molecule has 0 spiro atoms. The second kappa shape index (κ2) is 8.20. The van der Waals surface area contributed by atoms with Crippen molar-refractivity contribution in [2.75, 3.05) is 25.5 Å². The summed E-state index contributed by atoms with van der Waals surface area (Å²) < 4.78 is 28.1. The predicted molar refractivity (Wildman–Crippen MR) is 118 cm³/mol. The summed E-state index contributed by atoms with van der Waals surface area (Å²) in [6.07, 6.45) is 2.26. The SMILES string of the molecule is CNc1nc([C@H]2CCCN2C(C)=O)nc2c1CCN(S(=O)(=O)c1ccc(C)c(C)c1)C2. The van der Waals surface area contributed by atoms with Gasteiger partial charge in [0.2, 0.25) is 15.9 Å². The molecule has 1 aromatic carbocycles. The fraction of sp³-hybridized carbons (Fsp3) is 0.500. The van der Waals surface area contributed by atoms with Crippen molar-refractivity contribution in [3.8, 4) is 0 Å². The molecule has 1 amide bonds. The maximum Gasteiger partial charge on any atom is 0.243 e. The molecular formula is C22H29N5O3S. The van der Waals surface area contributed by atoms with Gasteiger partial charge in [-0.2, -0.15) is 4.31 Å². The summed E-state index contributed by atoms with van der Waals surface area (Å²) in [6.45, 7) is 6.72.